The second kappa shape index (κ2) is 7.72. The minimum absolute atomic E-state index is 0.266. The van der Waals surface area contributed by atoms with Crippen molar-refractivity contribution in [3.05, 3.63) is 35.9 Å². The number of nitrogens with zero attached hydrogens (tertiary/aromatic N) is 3. The van der Waals surface area contributed by atoms with E-state index in [-0.39, 0.29) is 5.04 Å². The molecule has 0 bridgehead atoms. The third kappa shape index (κ3) is 3.70. The molecule has 5 nitrogen and oxygen atoms in total. The first-order valence-corrected chi connectivity index (χ1v) is 8.96. The molecule has 0 spiro atoms. The Morgan fingerprint density at radius 2 is 1.68 bits per heavy atom. The summed E-state index contributed by atoms with van der Waals surface area (Å²) in [5.74, 6) is -0.791. The Labute approximate surface area is 153 Å². The number of methoxy groups -OCH3 is 1. The summed E-state index contributed by atoms with van der Waals surface area (Å²) in [7, 11) is 1.21. The van der Waals surface area contributed by atoms with Crippen molar-refractivity contribution in [2.24, 2.45) is 10.4 Å². The number of esters is 1. The molecule has 132 valence electrons. The van der Waals surface area contributed by atoms with E-state index in [9.17, 15) is 15.3 Å². The molecule has 0 fully saturated rings. The van der Waals surface area contributed by atoms with Crippen LogP contribution in [-0.4, -0.2) is 29.9 Å². The van der Waals surface area contributed by atoms with Crippen LogP contribution in [0.25, 0.3) is 0 Å². The maximum Gasteiger partial charge on any atom is 0.335 e. The van der Waals surface area contributed by atoms with Crippen molar-refractivity contribution in [1.29, 1.82) is 10.5 Å². The van der Waals surface area contributed by atoms with Crippen molar-refractivity contribution < 1.29 is 9.53 Å². The van der Waals surface area contributed by atoms with E-state index in [0.717, 1.165) is 0 Å². The topological polar surface area (TPSA) is 86.2 Å². The first-order valence-electron chi connectivity index (χ1n) is 7.73. The third-order valence-corrected chi connectivity index (χ3v) is 4.72. The van der Waals surface area contributed by atoms with Crippen LogP contribution in [0.2, 0.25) is 0 Å². The Morgan fingerprint density at radius 1 is 1.12 bits per heavy atom. The second-order valence-corrected chi connectivity index (χ2v) is 7.54. The molecule has 0 aliphatic rings. The van der Waals surface area contributed by atoms with Gasteiger partial charge in [-0.05, 0) is 39.5 Å². The molecule has 0 saturated heterocycles. The van der Waals surface area contributed by atoms with Gasteiger partial charge in [-0.2, -0.15) is 10.5 Å². The Bertz CT molecular complexity index is 741. The molecule has 25 heavy (non-hydrogen) atoms. The van der Waals surface area contributed by atoms with Gasteiger partial charge in [-0.3, -0.25) is 4.99 Å². The van der Waals surface area contributed by atoms with Crippen LogP contribution in [0, 0.1) is 28.1 Å². The number of hydrogen-bond acceptors (Lipinski definition) is 6. The largest absolute Gasteiger partial charge is 0.467 e. The highest BCUT2D eigenvalue weighted by atomic mass is 32.2. The van der Waals surface area contributed by atoms with E-state index in [1.54, 1.807) is 37.4 Å². The van der Waals surface area contributed by atoms with Crippen LogP contribution in [0.1, 0.15) is 33.3 Å². The molecule has 1 aromatic carbocycles. The summed E-state index contributed by atoms with van der Waals surface area (Å²) in [5.41, 5.74) is -3.31. The number of hydrogen-bond donors (Lipinski definition) is 0. The first kappa shape index (κ1) is 20.7. The number of carbonyl (C=O) groups is 1. The first-order chi connectivity index (χ1) is 11.6. The van der Waals surface area contributed by atoms with E-state index < -0.39 is 22.3 Å². The maximum absolute atomic E-state index is 12.8. The van der Waals surface area contributed by atoms with E-state index in [1.807, 2.05) is 26.8 Å². The molecular weight excluding hydrogens is 334 g/mol. The minimum atomic E-state index is -1.87. The molecule has 6 heteroatoms. The van der Waals surface area contributed by atoms with Gasteiger partial charge in [0.2, 0.25) is 5.41 Å². The van der Waals surface area contributed by atoms with Gasteiger partial charge >= 0.3 is 5.97 Å². The normalized spacial score (nSPS) is 16.7. The summed E-state index contributed by atoms with van der Waals surface area (Å²) in [5, 5.41) is 20.4. The molecule has 2 unspecified atom stereocenters. The summed E-state index contributed by atoms with van der Waals surface area (Å²) < 4.78 is 4.97. The SMILES string of the molecule is COC(=O)C(C#N)(C(=NC(C)(C)C)SC)C(C)(C#N)c1ccccc1. The lowest BCUT2D eigenvalue weighted by Crippen LogP contribution is -2.53. The summed E-state index contributed by atoms with van der Waals surface area (Å²) in [4.78, 5) is 17.4. The zero-order chi connectivity index (χ0) is 19.3. The van der Waals surface area contributed by atoms with Crippen LogP contribution in [0.4, 0.5) is 0 Å². The van der Waals surface area contributed by atoms with Gasteiger partial charge < -0.3 is 4.74 Å². The van der Waals surface area contributed by atoms with Gasteiger partial charge in [0.25, 0.3) is 0 Å². The quantitative estimate of drug-likeness (QED) is 0.466. The van der Waals surface area contributed by atoms with E-state index in [1.165, 1.54) is 18.9 Å². The van der Waals surface area contributed by atoms with E-state index in [0.29, 0.717) is 5.56 Å². The summed E-state index contributed by atoms with van der Waals surface area (Å²) in [6, 6.07) is 13.1. The van der Waals surface area contributed by atoms with E-state index in [4.69, 9.17) is 4.74 Å². The average Bonchev–Trinajstić information content (AvgIpc) is 2.60. The van der Waals surface area contributed by atoms with Crippen LogP contribution < -0.4 is 0 Å². The lowest BCUT2D eigenvalue weighted by molar-refractivity contribution is -0.147. The molecular formula is C19H23N3O2S. The standard InChI is InChI=1S/C19H23N3O2S/c1-17(2,3)22-15(25-6)19(13-21,16(23)24-5)18(4,12-20)14-10-8-7-9-11-14/h7-11H,1-6H3. The van der Waals surface area contributed by atoms with Crippen LogP contribution in [0.15, 0.2) is 35.3 Å². The molecule has 0 saturated carbocycles. The van der Waals surface area contributed by atoms with Crippen molar-refractivity contribution in [1.82, 2.24) is 0 Å². The van der Waals surface area contributed by atoms with Crippen LogP contribution in [0.5, 0.6) is 0 Å². The Morgan fingerprint density at radius 3 is 2.04 bits per heavy atom. The minimum Gasteiger partial charge on any atom is -0.467 e. The highest BCUT2D eigenvalue weighted by Gasteiger charge is 2.61. The zero-order valence-corrected chi connectivity index (χ0v) is 16.3. The van der Waals surface area contributed by atoms with Gasteiger partial charge in [0.15, 0.2) is 0 Å². The number of rotatable bonds is 4. The Kier molecular flexibility index (Phi) is 6.40. The molecule has 0 aliphatic carbocycles. The van der Waals surface area contributed by atoms with Crippen LogP contribution in [0.3, 0.4) is 0 Å². The van der Waals surface area contributed by atoms with Gasteiger partial charge in [0, 0.05) is 0 Å². The monoisotopic (exact) mass is 357 g/mol. The molecule has 0 N–H and O–H groups in total. The fraction of sp³-hybridized carbons (Fsp3) is 0.474. The van der Waals surface area contributed by atoms with E-state index in [2.05, 4.69) is 17.1 Å². The fourth-order valence-electron chi connectivity index (χ4n) is 2.59. The Balaban J connectivity index is 3.92. The lowest BCUT2D eigenvalue weighted by Gasteiger charge is -2.38. The predicted molar refractivity (Wildman–Crippen MR) is 100 cm³/mol. The van der Waals surface area contributed by atoms with Crippen LogP contribution >= 0.6 is 11.8 Å². The van der Waals surface area contributed by atoms with Crippen molar-refractivity contribution in [2.75, 3.05) is 13.4 Å². The van der Waals surface area contributed by atoms with Crippen molar-refractivity contribution in [2.45, 2.75) is 38.6 Å². The molecule has 1 aromatic rings. The van der Waals surface area contributed by atoms with Crippen molar-refractivity contribution >= 4 is 22.8 Å². The number of ether oxygens (including phenoxy) is 1. The molecule has 0 aromatic heterocycles. The number of thioether (sulfide) groups is 1. The Hall–Kier alpha value is -2.31. The van der Waals surface area contributed by atoms with Gasteiger partial charge in [0.1, 0.15) is 10.5 Å². The zero-order valence-electron chi connectivity index (χ0n) is 15.5. The maximum atomic E-state index is 12.8. The molecule has 0 aliphatic heterocycles. The van der Waals surface area contributed by atoms with Gasteiger partial charge in [-0.15, -0.1) is 11.8 Å². The third-order valence-electron chi connectivity index (χ3n) is 3.94. The van der Waals surface area contributed by atoms with E-state index >= 15 is 0 Å². The lowest BCUT2D eigenvalue weighted by atomic mass is 9.62. The number of benzene rings is 1. The molecule has 0 heterocycles. The van der Waals surface area contributed by atoms with Crippen LogP contribution in [-0.2, 0) is 14.9 Å². The average molecular weight is 357 g/mol. The number of carbonyl (C=O) groups excluding carboxylic acids is 1. The fourth-order valence-corrected chi connectivity index (χ4v) is 3.59. The summed E-state index contributed by atoms with van der Waals surface area (Å²) in [6.07, 6.45) is 1.74. The molecule has 2 atom stereocenters. The van der Waals surface area contributed by atoms with Gasteiger partial charge in [0.05, 0.1) is 24.8 Å². The highest BCUT2D eigenvalue weighted by molar-refractivity contribution is 8.13. The number of nitriles is 2. The second-order valence-electron chi connectivity index (χ2n) is 6.75. The summed E-state index contributed by atoms with van der Waals surface area (Å²) in [6.45, 7) is 7.19. The molecule has 0 radical (unpaired) electrons. The molecule has 0 amide bonds. The van der Waals surface area contributed by atoms with Crippen molar-refractivity contribution in [3.8, 4) is 12.1 Å². The number of aliphatic imine (C=N–C) groups is 1. The van der Waals surface area contributed by atoms with Gasteiger partial charge in [-0.1, -0.05) is 30.3 Å². The van der Waals surface area contributed by atoms with Crippen molar-refractivity contribution in [3.63, 3.8) is 0 Å². The summed E-state index contributed by atoms with van der Waals surface area (Å²) >= 11 is 1.18. The predicted octanol–water partition coefficient (Wildman–Crippen LogP) is 3.71. The highest BCUT2D eigenvalue weighted by Crippen LogP contribution is 2.46. The smallest absolute Gasteiger partial charge is 0.335 e. The molecule has 1 rings (SSSR count). The van der Waals surface area contributed by atoms with Gasteiger partial charge in [-0.25, -0.2) is 4.79 Å².